The lowest BCUT2D eigenvalue weighted by Crippen LogP contribution is -2.61. The van der Waals surface area contributed by atoms with Gasteiger partial charge in [0.15, 0.2) is 5.78 Å². The van der Waals surface area contributed by atoms with Crippen molar-refractivity contribution in [3.8, 4) is 0 Å². The highest BCUT2D eigenvalue weighted by molar-refractivity contribution is 6.12. The van der Waals surface area contributed by atoms with Crippen molar-refractivity contribution in [2.75, 3.05) is 7.11 Å². The van der Waals surface area contributed by atoms with E-state index in [1.54, 1.807) is 18.6 Å². The molecule has 4 aliphatic rings. The Hall–Kier alpha value is -2.96. The van der Waals surface area contributed by atoms with Crippen LogP contribution >= 0.6 is 0 Å². The first kappa shape index (κ1) is 22.8. The van der Waals surface area contributed by atoms with Crippen molar-refractivity contribution >= 4 is 23.5 Å². The van der Waals surface area contributed by atoms with E-state index in [4.69, 9.17) is 13.9 Å². The molecule has 0 aromatic carbocycles. The summed E-state index contributed by atoms with van der Waals surface area (Å²) in [5.74, 6) is -2.46. The highest BCUT2D eigenvalue weighted by atomic mass is 16.5. The topological polar surface area (TPSA) is 99.9 Å². The SMILES string of the molecule is COC(=O)C[C@@H]1C(C)(C)C(=O)[C@H]2CC3=C(CC[C@]4(C)C3=CC(=O)O[C@@H]4c3ccoc3)[C@]1(C)C2=O. The standard InChI is InChI=1S/C27H30O7/c1-25(2)19(12-20(28)32-5)27(4)17-6-8-26(3)18(15(17)10-16(22(25)30)23(27)31)11-21(29)34-24(26)14-7-9-33-13-14/h7,9,11,13,16,19,24H,6,8,10,12H2,1-5H3/t16-,19-,24-,26-,27+/m1/s1. The summed E-state index contributed by atoms with van der Waals surface area (Å²) in [6.07, 6.45) is 5.71. The van der Waals surface area contributed by atoms with Gasteiger partial charge in [0.1, 0.15) is 11.9 Å². The van der Waals surface area contributed by atoms with E-state index in [1.807, 2.05) is 20.8 Å². The molecule has 0 amide bonds. The first-order valence-electron chi connectivity index (χ1n) is 11.8. The summed E-state index contributed by atoms with van der Waals surface area (Å²) in [6, 6.07) is 1.80. The van der Waals surface area contributed by atoms with Crippen LogP contribution in [0.4, 0.5) is 0 Å². The lowest BCUT2D eigenvalue weighted by Gasteiger charge is -2.58. The number of rotatable bonds is 3. The predicted octanol–water partition coefficient (Wildman–Crippen LogP) is 4.28. The number of furan rings is 1. The second-order valence-electron chi connectivity index (χ2n) is 11.0. The zero-order valence-corrected chi connectivity index (χ0v) is 20.2. The van der Waals surface area contributed by atoms with Crippen LogP contribution in [0.1, 0.15) is 65.0 Å². The summed E-state index contributed by atoms with van der Waals surface area (Å²) in [6.45, 7) is 7.63. The van der Waals surface area contributed by atoms with E-state index >= 15 is 0 Å². The molecule has 7 heteroatoms. The first-order chi connectivity index (χ1) is 16.0. The number of allylic oxidation sites excluding steroid dienone is 2. The highest BCUT2D eigenvalue weighted by Gasteiger charge is 2.65. The maximum absolute atomic E-state index is 13.8. The van der Waals surface area contributed by atoms with Gasteiger partial charge in [0.2, 0.25) is 0 Å². The van der Waals surface area contributed by atoms with E-state index in [1.165, 1.54) is 13.2 Å². The Morgan fingerprint density at radius 3 is 2.53 bits per heavy atom. The number of Topliss-reactive ketones (excluding diaryl/α,β-unsaturated/α-hetero) is 2. The summed E-state index contributed by atoms with van der Waals surface area (Å²) in [5, 5.41) is 0. The summed E-state index contributed by atoms with van der Waals surface area (Å²) in [7, 11) is 1.32. The molecule has 0 N–H and O–H groups in total. The largest absolute Gasteiger partial charge is 0.472 e. The third-order valence-electron chi connectivity index (χ3n) is 9.10. The van der Waals surface area contributed by atoms with Gasteiger partial charge >= 0.3 is 11.9 Å². The normalized spacial score (nSPS) is 36.3. The molecule has 0 radical (unpaired) electrons. The molecule has 2 heterocycles. The van der Waals surface area contributed by atoms with Crippen molar-refractivity contribution in [2.24, 2.45) is 28.1 Å². The fourth-order valence-electron chi connectivity index (χ4n) is 7.22. The molecule has 5 atom stereocenters. The molecule has 1 aromatic heterocycles. The molecule has 0 unspecified atom stereocenters. The molecule has 7 nitrogen and oxygen atoms in total. The zero-order chi connectivity index (χ0) is 24.6. The van der Waals surface area contributed by atoms with Crippen LogP contribution in [-0.4, -0.2) is 30.6 Å². The fraction of sp³-hybridized carbons (Fsp3) is 0.556. The number of ketones is 2. The van der Waals surface area contributed by atoms with E-state index in [0.717, 1.165) is 22.3 Å². The van der Waals surface area contributed by atoms with Crippen LogP contribution in [0.5, 0.6) is 0 Å². The lowest BCUT2D eigenvalue weighted by molar-refractivity contribution is -0.162. The Morgan fingerprint density at radius 1 is 1.15 bits per heavy atom. The molecule has 34 heavy (non-hydrogen) atoms. The van der Waals surface area contributed by atoms with Crippen molar-refractivity contribution < 1.29 is 33.1 Å². The van der Waals surface area contributed by atoms with E-state index < -0.39 is 46.1 Å². The van der Waals surface area contributed by atoms with Gasteiger partial charge in [-0.25, -0.2) is 4.79 Å². The second kappa shape index (κ2) is 7.27. The van der Waals surface area contributed by atoms with Crippen molar-refractivity contribution in [3.63, 3.8) is 0 Å². The fourth-order valence-corrected chi connectivity index (χ4v) is 7.22. The first-order valence-corrected chi connectivity index (χ1v) is 11.8. The molecule has 1 fully saturated rings. The molecule has 1 saturated carbocycles. The van der Waals surface area contributed by atoms with Gasteiger partial charge in [0.25, 0.3) is 0 Å². The molecular weight excluding hydrogens is 436 g/mol. The van der Waals surface area contributed by atoms with Gasteiger partial charge in [-0.3, -0.25) is 14.4 Å². The Kier molecular flexibility index (Phi) is 4.88. The van der Waals surface area contributed by atoms with Crippen LogP contribution < -0.4 is 0 Å². The van der Waals surface area contributed by atoms with Gasteiger partial charge in [-0.15, -0.1) is 0 Å². The minimum Gasteiger partial charge on any atom is -0.472 e. The quantitative estimate of drug-likeness (QED) is 0.484. The molecule has 5 rings (SSSR count). The summed E-state index contributed by atoms with van der Waals surface area (Å²) in [4.78, 5) is 52.5. The number of hydrogen-bond donors (Lipinski definition) is 0. The van der Waals surface area contributed by atoms with Gasteiger partial charge in [-0.05, 0) is 49.3 Å². The zero-order valence-electron chi connectivity index (χ0n) is 20.2. The van der Waals surface area contributed by atoms with E-state index in [0.29, 0.717) is 12.8 Å². The number of cyclic esters (lactones) is 1. The number of carbonyl (C=O) groups is 4. The average molecular weight is 467 g/mol. The second-order valence-corrected chi connectivity index (χ2v) is 11.0. The molecule has 2 bridgehead atoms. The third kappa shape index (κ3) is 2.82. The van der Waals surface area contributed by atoms with Crippen LogP contribution in [0.2, 0.25) is 0 Å². The number of carbonyl (C=O) groups excluding carboxylic acids is 4. The third-order valence-corrected chi connectivity index (χ3v) is 9.10. The molecule has 1 aromatic rings. The maximum Gasteiger partial charge on any atom is 0.331 e. The van der Waals surface area contributed by atoms with Gasteiger partial charge < -0.3 is 13.9 Å². The Labute approximate surface area is 198 Å². The molecule has 0 saturated heterocycles. The van der Waals surface area contributed by atoms with Crippen molar-refractivity contribution in [3.05, 3.63) is 47.0 Å². The summed E-state index contributed by atoms with van der Waals surface area (Å²) in [5.41, 5.74) is 1.11. The number of esters is 2. The number of fused-ring (bicyclic) bond motifs is 5. The minimum atomic E-state index is -0.988. The van der Waals surface area contributed by atoms with Crippen LogP contribution in [0.3, 0.4) is 0 Å². The van der Waals surface area contributed by atoms with Crippen LogP contribution in [0.15, 0.2) is 45.8 Å². The summed E-state index contributed by atoms with van der Waals surface area (Å²) < 4.78 is 16.0. The predicted molar refractivity (Wildman–Crippen MR) is 120 cm³/mol. The lowest BCUT2D eigenvalue weighted by atomic mass is 9.43. The highest BCUT2D eigenvalue weighted by Crippen LogP contribution is 2.65. The van der Waals surface area contributed by atoms with Crippen LogP contribution in [-0.2, 0) is 28.7 Å². The van der Waals surface area contributed by atoms with Crippen molar-refractivity contribution in [1.29, 1.82) is 0 Å². The van der Waals surface area contributed by atoms with Gasteiger partial charge in [-0.2, -0.15) is 0 Å². The molecule has 3 aliphatic carbocycles. The van der Waals surface area contributed by atoms with E-state index in [2.05, 4.69) is 6.92 Å². The number of ether oxygens (including phenoxy) is 2. The molecule has 0 spiro atoms. The molecular formula is C27H30O7. The van der Waals surface area contributed by atoms with Crippen LogP contribution in [0, 0.1) is 28.1 Å². The Balaban J connectivity index is 1.70. The number of hydrogen-bond acceptors (Lipinski definition) is 7. The number of methoxy groups -OCH3 is 1. The average Bonchev–Trinajstić information content (AvgIpc) is 3.32. The van der Waals surface area contributed by atoms with Gasteiger partial charge in [0, 0.05) is 22.5 Å². The van der Waals surface area contributed by atoms with Gasteiger partial charge in [0.05, 0.1) is 37.4 Å². The minimum absolute atomic E-state index is 0.0169. The smallest absolute Gasteiger partial charge is 0.331 e. The summed E-state index contributed by atoms with van der Waals surface area (Å²) >= 11 is 0. The monoisotopic (exact) mass is 466 g/mol. The van der Waals surface area contributed by atoms with Crippen molar-refractivity contribution in [2.45, 2.75) is 59.5 Å². The van der Waals surface area contributed by atoms with Gasteiger partial charge in [-0.1, -0.05) is 26.3 Å². The molecule has 180 valence electrons. The molecule has 1 aliphatic heterocycles. The maximum atomic E-state index is 13.8. The Bertz CT molecular complexity index is 1170. The van der Waals surface area contributed by atoms with Crippen molar-refractivity contribution in [1.82, 2.24) is 0 Å². The van der Waals surface area contributed by atoms with Crippen LogP contribution in [0.25, 0.3) is 0 Å². The van der Waals surface area contributed by atoms with E-state index in [-0.39, 0.29) is 24.4 Å². The Morgan fingerprint density at radius 2 is 1.88 bits per heavy atom. The van der Waals surface area contributed by atoms with E-state index in [9.17, 15) is 19.2 Å².